The summed E-state index contributed by atoms with van der Waals surface area (Å²) in [5, 5.41) is 3.54. The Balaban J connectivity index is 2.25. The van der Waals surface area contributed by atoms with E-state index < -0.39 is 0 Å². The Morgan fingerprint density at radius 2 is 2.33 bits per heavy atom. The van der Waals surface area contributed by atoms with Gasteiger partial charge in [0.2, 0.25) is 0 Å². The van der Waals surface area contributed by atoms with Crippen LogP contribution in [-0.2, 0) is 4.74 Å². The van der Waals surface area contributed by atoms with Crippen LogP contribution in [0.15, 0.2) is 11.6 Å². The summed E-state index contributed by atoms with van der Waals surface area (Å²) in [6, 6.07) is 0.469. The minimum absolute atomic E-state index is 0.469. The summed E-state index contributed by atoms with van der Waals surface area (Å²) < 4.78 is 5.11. The first kappa shape index (κ1) is 12.7. The van der Waals surface area contributed by atoms with Crippen LogP contribution >= 0.6 is 0 Å². The lowest BCUT2D eigenvalue weighted by Crippen LogP contribution is -2.35. The lowest BCUT2D eigenvalue weighted by molar-refractivity contribution is 0.168. The van der Waals surface area contributed by atoms with Crippen molar-refractivity contribution in [2.24, 2.45) is 11.8 Å². The van der Waals surface area contributed by atoms with E-state index in [0.29, 0.717) is 6.04 Å². The normalized spacial score (nSPS) is 28.7. The van der Waals surface area contributed by atoms with Gasteiger partial charge in [0.15, 0.2) is 0 Å². The molecule has 0 aromatic heterocycles. The van der Waals surface area contributed by atoms with Crippen LogP contribution in [0, 0.1) is 11.8 Å². The molecule has 15 heavy (non-hydrogen) atoms. The molecule has 0 saturated heterocycles. The lowest BCUT2D eigenvalue weighted by Gasteiger charge is -2.27. The molecule has 0 aromatic carbocycles. The number of nitrogens with one attached hydrogen (secondary N) is 1. The Morgan fingerprint density at radius 1 is 1.60 bits per heavy atom. The quantitative estimate of drug-likeness (QED) is 0.706. The van der Waals surface area contributed by atoms with Gasteiger partial charge >= 0.3 is 0 Å². The van der Waals surface area contributed by atoms with E-state index in [1.165, 1.54) is 12.8 Å². The molecule has 0 amide bonds. The summed E-state index contributed by atoms with van der Waals surface area (Å²) in [4.78, 5) is 0. The molecule has 88 valence electrons. The molecule has 0 radical (unpaired) electrons. The van der Waals surface area contributed by atoms with E-state index in [0.717, 1.165) is 25.0 Å². The Hall–Kier alpha value is -0.340. The van der Waals surface area contributed by atoms with Crippen molar-refractivity contribution in [3.05, 3.63) is 11.6 Å². The molecule has 2 nitrogen and oxygen atoms in total. The van der Waals surface area contributed by atoms with Crippen molar-refractivity contribution < 1.29 is 4.74 Å². The Kier molecular flexibility index (Phi) is 5.34. The second kappa shape index (κ2) is 6.29. The van der Waals surface area contributed by atoms with Crippen LogP contribution in [0.5, 0.6) is 0 Å². The summed E-state index contributed by atoms with van der Waals surface area (Å²) in [7, 11) is 1.76. The summed E-state index contributed by atoms with van der Waals surface area (Å²) in [5.41, 5.74) is 1.56. The maximum Gasteiger partial charge on any atom is 0.0613 e. The fourth-order valence-corrected chi connectivity index (χ4v) is 2.52. The zero-order valence-corrected chi connectivity index (χ0v) is 10.5. The topological polar surface area (TPSA) is 21.3 Å². The minimum Gasteiger partial charge on any atom is -0.383 e. The summed E-state index contributed by atoms with van der Waals surface area (Å²) in [6.45, 7) is 8.67. The second-order valence-electron chi connectivity index (χ2n) is 5.06. The van der Waals surface area contributed by atoms with E-state index in [9.17, 15) is 0 Å². The first-order valence-corrected chi connectivity index (χ1v) is 6.01. The van der Waals surface area contributed by atoms with E-state index in [1.807, 2.05) is 0 Å². The molecule has 0 fully saturated rings. The SMILES string of the molecule is COCC(C)NCC1CC(C)=CC(C)C1. The standard InChI is InChI=1S/C13H25NO/c1-10-5-11(2)7-13(6-10)8-14-12(3)9-15-4/h5,10,12-14H,6-9H2,1-4H3. The van der Waals surface area contributed by atoms with Crippen LogP contribution < -0.4 is 5.32 Å². The number of hydrogen-bond donors (Lipinski definition) is 1. The van der Waals surface area contributed by atoms with Crippen molar-refractivity contribution in [3.63, 3.8) is 0 Å². The van der Waals surface area contributed by atoms with Gasteiger partial charge in [0, 0.05) is 13.2 Å². The molecule has 3 atom stereocenters. The molecule has 1 N–H and O–H groups in total. The van der Waals surface area contributed by atoms with Crippen molar-refractivity contribution in [2.75, 3.05) is 20.3 Å². The third-order valence-electron chi connectivity index (χ3n) is 3.06. The summed E-state index contributed by atoms with van der Waals surface area (Å²) in [6.07, 6.45) is 5.00. The van der Waals surface area contributed by atoms with Crippen LogP contribution in [0.1, 0.15) is 33.6 Å². The van der Waals surface area contributed by atoms with Gasteiger partial charge in [-0.15, -0.1) is 0 Å². The largest absolute Gasteiger partial charge is 0.383 e. The van der Waals surface area contributed by atoms with E-state index in [1.54, 1.807) is 12.7 Å². The molecule has 2 heteroatoms. The first-order valence-electron chi connectivity index (χ1n) is 6.01. The van der Waals surface area contributed by atoms with E-state index in [4.69, 9.17) is 4.74 Å². The fourth-order valence-electron chi connectivity index (χ4n) is 2.52. The third kappa shape index (κ3) is 4.80. The molecule has 0 saturated carbocycles. The van der Waals surface area contributed by atoms with Gasteiger partial charge in [-0.3, -0.25) is 0 Å². The number of methoxy groups -OCH3 is 1. The monoisotopic (exact) mass is 211 g/mol. The lowest BCUT2D eigenvalue weighted by atomic mass is 9.83. The average Bonchev–Trinajstić information content (AvgIpc) is 2.14. The van der Waals surface area contributed by atoms with Crippen LogP contribution in [-0.4, -0.2) is 26.3 Å². The molecule has 1 rings (SSSR count). The van der Waals surface area contributed by atoms with Gasteiger partial charge in [-0.25, -0.2) is 0 Å². The highest BCUT2D eigenvalue weighted by molar-refractivity contribution is 5.06. The number of hydrogen-bond acceptors (Lipinski definition) is 2. The highest BCUT2D eigenvalue weighted by atomic mass is 16.5. The molecule has 0 aliphatic heterocycles. The van der Waals surface area contributed by atoms with Crippen molar-refractivity contribution in [1.29, 1.82) is 0 Å². The third-order valence-corrected chi connectivity index (χ3v) is 3.06. The van der Waals surface area contributed by atoms with E-state index >= 15 is 0 Å². The molecular formula is C13H25NO. The number of rotatable bonds is 5. The van der Waals surface area contributed by atoms with Crippen molar-refractivity contribution in [3.8, 4) is 0 Å². The van der Waals surface area contributed by atoms with Gasteiger partial charge in [0.05, 0.1) is 6.61 Å². The van der Waals surface area contributed by atoms with Crippen LogP contribution in [0.2, 0.25) is 0 Å². The minimum atomic E-state index is 0.469. The molecule has 1 aliphatic rings. The Morgan fingerprint density at radius 3 is 2.93 bits per heavy atom. The maximum absolute atomic E-state index is 5.11. The smallest absolute Gasteiger partial charge is 0.0613 e. The average molecular weight is 211 g/mol. The summed E-state index contributed by atoms with van der Waals surface area (Å²) >= 11 is 0. The zero-order chi connectivity index (χ0) is 11.3. The zero-order valence-electron chi connectivity index (χ0n) is 10.5. The van der Waals surface area contributed by atoms with E-state index in [-0.39, 0.29) is 0 Å². The van der Waals surface area contributed by atoms with Crippen LogP contribution in [0.4, 0.5) is 0 Å². The maximum atomic E-state index is 5.11. The van der Waals surface area contributed by atoms with Gasteiger partial charge in [-0.05, 0) is 45.1 Å². The first-order chi connectivity index (χ1) is 7.11. The van der Waals surface area contributed by atoms with Gasteiger partial charge < -0.3 is 10.1 Å². The molecule has 0 heterocycles. The highest BCUT2D eigenvalue weighted by Crippen LogP contribution is 2.27. The highest BCUT2D eigenvalue weighted by Gasteiger charge is 2.18. The van der Waals surface area contributed by atoms with Gasteiger partial charge in [0.1, 0.15) is 0 Å². The van der Waals surface area contributed by atoms with Crippen LogP contribution in [0.25, 0.3) is 0 Å². The van der Waals surface area contributed by atoms with Gasteiger partial charge in [0.25, 0.3) is 0 Å². The van der Waals surface area contributed by atoms with Crippen molar-refractivity contribution >= 4 is 0 Å². The van der Waals surface area contributed by atoms with E-state index in [2.05, 4.69) is 32.2 Å². The number of allylic oxidation sites excluding steroid dienone is 2. The van der Waals surface area contributed by atoms with Crippen molar-refractivity contribution in [1.82, 2.24) is 5.32 Å². The second-order valence-corrected chi connectivity index (χ2v) is 5.06. The summed E-state index contributed by atoms with van der Waals surface area (Å²) in [5.74, 6) is 1.56. The fraction of sp³-hybridized carbons (Fsp3) is 0.846. The Bertz CT molecular complexity index is 213. The van der Waals surface area contributed by atoms with Gasteiger partial charge in [-0.2, -0.15) is 0 Å². The predicted molar refractivity (Wildman–Crippen MR) is 65.0 cm³/mol. The molecule has 3 unspecified atom stereocenters. The molecule has 1 aliphatic carbocycles. The molecule has 0 aromatic rings. The molecule has 0 bridgehead atoms. The number of ether oxygens (including phenoxy) is 1. The molecule has 0 spiro atoms. The Labute approximate surface area is 94.1 Å². The van der Waals surface area contributed by atoms with Crippen LogP contribution in [0.3, 0.4) is 0 Å². The molecular weight excluding hydrogens is 186 g/mol. The van der Waals surface area contributed by atoms with Crippen molar-refractivity contribution in [2.45, 2.75) is 39.7 Å². The predicted octanol–water partition coefficient (Wildman–Crippen LogP) is 2.60. The van der Waals surface area contributed by atoms with Gasteiger partial charge in [-0.1, -0.05) is 18.6 Å².